The zero-order valence-electron chi connectivity index (χ0n) is 16.8. The Morgan fingerprint density at radius 3 is 2.57 bits per heavy atom. The molecule has 0 bridgehead atoms. The minimum absolute atomic E-state index is 0.0902. The van der Waals surface area contributed by atoms with E-state index in [0.29, 0.717) is 18.1 Å². The number of fused-ring (bicyclic) bond motifs is 1. The summed E-state index contributed by atoms with van der Waals surface area (Å²) in [5.41, 5.74) is 4.65. The zero-order chi connectivity index (χ0) is 20.9. The Morgan fingerprint density at radius 2 is 1.83 bits per heavy atom. The number of aromatic nitrogens is 3. The van der Waals surface area contributed by atoms with Gasteiger partial charge in [-0.1, -0.05) is 29.8 Å². The molecule has 0 atom stereocenters. The summed E-state index contributed by atoms with van der Waals surface area (Å²) in [4.78, 5) is 23.9. The number of likely N-dealkylation sites (N-methyl/N-ethyl adjacent to an activating group) is 1. The average molecular weight is 419 g/mol. The van der Waals surface area contributed by atoms with Crippen molar-refractivity contribution >= 4 is 23.2 Å². The van der Waals surface area contributed by atoms with Crippen molar-refractivity contribution < 1.29 is 4.79 Å². The first-order valence-corrected chi connectivity index (χ1v) is 10.4. The molecule has 0 saturated heterocycles. The molecule has 0 aliphatic rings. The van der Waals surface area contributed by atoms with Crippen LogP contribution in [-0.2, 0) is 17.6 Å². The number of nitrogens with zero attached hydrogens (tertiary/aromatic N) is 4. The number of hydrogen-bond donors (Lipinski definition) is 0. The van der Waals surface area contributed by atoms with E-state index in [-0.39, 0.29) is 12.3 Å². The molecule has 0 saturated carbocycles. The lowest BCUT2D eigenvalue weighted by molar-refractivity contribution is -0.130. The molecule has 30 heavy (non-hydrogen) atoms. The van der Waals surface area contributed by atoms with Gasteiger partial charge in [-0.2, -0.15) is 0 Å². The van der Waals surface area contributed by atoms with E-state index in [2.05, 4.69) is 4.98 Å². The Labute approximate surface area is 181 Å². The van der Waals surface area contributed by atoms with Crippen molar-refractivity contribution in [1.82, 2.24) is 19.3 Å². The molecule has 6 heteroatoms. The fourth-order valence-electron chi connectivity index (χ4n) is 3.58. The summed E-state index contributed by atoms with van der Waals surface area (Å²) in [5.74, 6) is 0.0902. The van der Waals surface area contributed by atoms with E-state index in [4.69, 9.17) is 16.6 Å². The van der Waals surface area contributed by atoms with Crippen LogP contribution in [0.25, 0.3) is 16.9 Å². The number of benzene rings is 1. The predicted octanol–water partition coefficient (Wildman–Crippen LogP) is 4.68. The lowest BCUT2D eigenvalue weighted by Gasteiger charge is -2.21. The van der Waals surface area contributed by atoms with Gasteiger partial charge in [0.15, 0.2) is 0 Å². The molecule has 0 unspecified atom stereocenters. The number of carbonyl (C=O) groups is 1. The smallest absolute Gasteiger partial charge is 0.228 e. The van der Waals surface area contributed by atoms with Gasteiger partial charge in [0.25, 0.3) is 0 Å². The second kappa shape index (κ2) is 9.09. The van der Waals surface area contributed by atoms with Gasteiger partial charge < -0.3 is 9.30 Å². The van der Waals surface area contributed by atoms with E-state index < -0.39 is 0 Å². The highest BCUT2D eigenvalue weighted by molar-refractivity contribution is 6.30. The quantitative estimate of drug-likeness (QED) is 0.437. The topological polar surface area (TPSA) is 50.5 Å². The maximum atomic E-state index is 13.2. The van der Waals surface area contributed by atoms with Gasteiger partial charge in [0, 0.05) is 42.3 Å². The number of rotatable bonds is 7. The van der Waals surface area contributed by atoms with Crippen LogP contribution in [0.4, 0.5) is 0 Å². The normalized spacial score (nSPS) is 11.0. The van der Waals surface area contributed by atoms with E-state index in [9.17, 15) is 4.79 Å². The molecule has 1 amide bonds. The molecule has 1 aromatic carbocycles. The first-order chi connectivity index (χ1) is 14.7. The highest BCUT2D eigenvalue weighted by Crippen LogP contribution is 2.26. The third kappa shape index (κ3) is 4.36. The highest BCUT2D eigenvalue weighted by atomic mass is 35.5. The van der Waals surface area contributed by atoms with Crippen LogP contribution in [0, 0.1) is 0 Å². The number of imidazole rings is 1. The van der Waals surface area contributed by atoms with Crippen molar-refractivity contribution in [2.45, 2.75) is 19.8 Å². The Hall–Kier alpha value is -3.18. The van der Waals surface area contributed by atoms with Gasteiger partial charge in [-0.15, -0.1) is 0 Å². The number of pyridine rings is 2. The number of hydrogen-bond acceptors (Lipinski definition) is 3. The van der Waals surface area contributed by atoms with Crippen LogP contribution < -0.4 is 0 Å². The van der Waals surface area contributed by atoms with Crippen molar-refractivity contribution in [1.29, 1.82) is 0 Å². The van der Waals surface area contributed by atoms with Crippen molar-refractivity contribution in [2.24, 2.45) is 0 Å². The molecular weight excluding hydrogens is 396 g/mol. The van der Waals surface area contributed by atoms with Crippen LogP contribution in [0.5, 0.6) is 0 Å². The third-order valence-electron chi connectivity index (χ3n) is 5.22. The highest BCUT2D eigenvalue weighted by Gasteiger charge is 2.20. The van der Waals surface area contributed by atoms with Gasteiger partial charge in [0.2, 0.25) is 5.91 Å². The van der Waals surface area contributed by atoms with E-state index in [1.54, 1.807) is 12.4 Å². The van der Waals surface area contributed by atoms with Crippen LogP contribution in [0.1, 0.15) is 18.2 Å². The zero-order valence-corrected chi connectivity index (χ0v) is 17.6. The number of amides is 1. The van der Waals surface area contributed by atoms with Gasteiger partial charge in [-0.25, -0.2) is 4.98 Å². The number of halogens is 1. The van der Waals surface area contributed by atoms with Crippen molar-refractivity contribution in [3.8, 4) is 11.3 Å². The molecule has 0 radical (unpaired) electrons. The molecule has 3 heterocycles. The second-order valence-electron chi connectivity index (χ2n) is 7.10. The Bertz CT molecular complexity index is 1140. The summed E-state index contributed by atoms with van der Waals surface area (Å²) in [5, 5.41) is 0.674. The summed E-state index contributed by atoms with van der Waals surface area (Å²) < 4.78 is 2.00. The summed E-state index contributed by atoms with van der Waals surface area (Å²) >= 11 is 6.06. The fourth-order valence-corrected chi connectivity index (χ4v) is 3.71. The molecular formula is C24H23ClN4O. The van der Waals surface area contributed by atoms with Crippen LogP contribution in [0.3, 0.4) is 0 Å². The molecule has 0 aliphatic carbocycles. The Balaban J connectivity index is 1.60. The molecule has 5 nitrogen and oxygen atoms in total. The molecule has 3 aromatic heterocycles. The standard InChI is InChI=1S/C24H23ClN4O/c1-2-28(16-12-18-10-13-26-14-11-18)23(30)17-21-24(19-6-8-20(25)9-7-19)27-22-5-3-4-15-29(21)22/h3-11,13-15H,2,12,16-17H2,1H3. The van der Waals surface area contributed by atoms with Crippen LogP contribution >= 0.6 is 11.6 Å². The fraction of sp³-hybridized carbons (Fsp3) is 0.208. The van der Waals surface area contributed by atoms with E-state index in [0.717, 1.165) is 29.0 Å². The van der Waals surface area contributed by atoms with Crippen molar-refractivity contribution in [3.63, 3.8) is 0 Å². The molecule has 0 spiro atoms. The lowest BCUT2D eigenvalue weighted by atomic mass is 10.1. The largest absolute Gasteiger partial charge is 0.342 e. The van der Waals surface area contributed by atoms with Gasteiger partial charge in [-0.05, 0) is 55.3 Å². The molecule has 0 aliphatic heterocycles. The minimum atomic E-state index is 0.0902. The van der Waals surface area contributed by atoms with E-state index in [1.807, 2.05) is 77.0 Å². The van der Waals surface area contributed by atoms with E-state index in [1.165, 1.54) is 5.56 Å². The minimum Gasteiger partial charge on any atom is -0.342 e. The summed E-state index contributed by atoms with van der Waals surface area (Å²) in [6.45, 7) is 3.35. The molecule has 4 aromatic rings. The summed E-state index contributed by atoms with van der Waals surface area (Å²) in [6, 6.07) is 17.4. The van der Waals surface area contributed by atoms with Crippen LogP contribution in [0.15, 0.2) is 73.2 Å². The van der Waals surface area contributed by atoms with Gasteiger partial charge in [0.1, 0.15) is 5.65 Å². The average Bonchev–Trinajstić information content (AvgIpc) is 3.14. The summed E-state index contributed by atoms with van der Waals surface area (Å²) in [6.07, 6.45) is 6.61. The monoisotopic (exact) mass is 418 g/mol. The van der Waals surface area contributed by atoms with Crippen LogP contribution in [0.2, 0.25) is 5.02 Å². The first-order valence-electron chi connectivity index (χ1n) is 10.0. The summed E-state index contributed by atoms with van der Waals surface area (Å²) in [7, 11) is 0. The van der Waals surface area contributed by atoms with Gasteiger partial charge in [-0.3, -0.25) is 9.78 Å². The third-order valence-corrected chi connectivity index (χ3v) is 5.47. The van der Waals surface area contributed by atoms with Crippen LogP contribution in [-0.4, -0.2) is 38.3 Å². The van der Waals surface area contributed by atoms with E-state index >= 15 is 0 Å². The molecule has 4 rings (SSSR count). The first kappa shape index (κ1) is 20.1. The Kier molecular flexibility index (Phi) is 6.10. The second-order valence-corrected chi connectivity index (χ2v) is 7.53. The molecule has 0 fully saturated rings. The van der Waals surface area contributed by atoms with Crippen molar-refractivity contribution in [3.05, 3.63) is 89.5 Å². The van der Waals surface area contributed by atoms with Gasteiger partial charge in [0.05, 0.1) is 17.8 Å². The Morgan fingerprint density at radius 1 is 1.07 bits per heavy atom. The van der Waals surface area contributed by atoms with Gasteiger partial charge >= 0.3 is 0 Å². The maximum Gasteiger partial charge on any atom is 0.228 e. The molecule has 152 valence electrons. The lowest BCUT2D eigenvalue weighted by Crippen LogP contribution is -2.34. The molecule has 0 N–H and O–H groups in total. The number of carbonyl (C=O) groups excluding carboxylic acids is 1. The predicted molar refractivity (Wildman–Crippen MR) is 120 cm³/mol. The maximum absolute atomic E-state index is 13.2. The SMILES string of the molecule is CCN(CCc1ccncc1)C(=O)Cc1c(-c2ccc(Cl)cc2)nc2ccccn12. The van der Waals surface area contributed by atoms with Crippen molar-refractivity contribution in [2.75, 3.05) is 13.1 Å².